The molecule has 4 rings (SSSR count). The molecular formula is C34H42Cl2N3NaO9S3. The number of benzene rings is 1. The number of fused-ring (bicyclic) bond motifs is 2. The van der Waals surface area contributed by atoms with E-state index < -0.39 is 41.2 Å². The second kappa shape index (κ2) is 17.3. The number of aryl methyl sites for hydroxylation is 1. The second-order valence-corrected chi connectivity index (χ2v) is 18.8. The SMILES string of the molecule is CC1(C)C(=CC=CC(Cl)=CC=CC2=Nc3c(cc(Cl)c[n+]3CCCCS(=O)(=O)O)C2(C)C)N(CCCCS(=O)(=O)O)c2ccc(S(=O)(=O)[O-])cc21.[H-].[Na+]. The number of allylic oxidation sites excluding steroid dienone is 8. The summed E-state index contributed by atoms with van der Waals surface area (Å²) in [6, 6.07) is 6.05. The van der Waals surface area contributed by atoms with Crippen molar-refractivity contribution in [2.45, 2.75) is 75.6 Å². The fraction of sp³-hybridized carbons (Fsp3) is 0.412. The van der Waals surface area contributed by atoms with Gasteiger partial charge in [-0.1, -0.05) is 49.2 Å². The molecule has 2 aliphatic heterocycles. The first-order valence-corrected chi connectivity index (χ1v) is 21.4. The van der Waals surface area contributed by atoms with Gasteiger partial charge in [0.15, 0.2) is 5.71 Å². The molecule has 0 bridgehead atoms. The Hall–Kier alpha value is -1.89. The van der Waals surface area contributed by atoms with Crippen molar-refractivity contribution in [1.82, 2.24) is 0 Å². The van der Waals surface area contributed by atoms with Crippen molar-refractivity contribution < 1.29 is 74.5 Å². The van der Waals surface area contributed by atoms with Gasteiger partial charge in [-0.25, -0.2) is 13.0 Å². The van der Waals surface area contributed by atoms with Crippen LogP contribution in [0.5, 0.6) is 0 Å². The molecule has 1 aromatic heterocycles. The summed E-state index contributed by atoms with van der Waals surface area (Å²) in [7, 11) is -12.9. The normalized spacial score (nSPS) is 17.9. The summed E-state index contributed by atoms with van der Waals surface area (Å²) in [5.41, 5.74) is 2.53. The minimum absolute atomic E-state index is 0. The monoisotopic (exact) mass is 825 g/mol. The summed E-state index contributed by atoms with van der Waals surface area (Å²) < 4.78 is 100. The Bertz CT molecular complexity index is 2190. The Balaban J connectivity index is 0.00000486. The maximum Gasteiger partial charge on any atom is 1.00 e. The molecule has 2 aliphatic rings. The van der Waals surface area contributed by atoms with Gasteiger partial charge in [0.25, 0.3) is 20.2 Å². The summed E-state index contributed by atoms with van der Waals surface area (Å²) in [5.74, 6) is -0.00249. The van der Waals surface area contributed by atoms with E-state index in [4.69, 9.17) is 37.3 Å². The molecule has 0 saturated heterocycles. The number of anilines is 1. The molecule has 0 unspecified atom stereocenters. The van der Waals surface area contributed by atoms with Crippen LogP contribution in [0.1, 0.15) is 65.9 Å². The van der Waals surface area contributed by atoms with Crippen LogP contribution in [0, 0.1) is 0 Å². The number of nitrogens with zero attached hydrogens (tertiary/aromatic N) is 3. The summed E-state index contributed by atoms with van der Waals surface area (Å²) in [5, 5.41) is 0.905. The van der Waals surface area contributed by atoms with Crippen LogP contribution in [-0.4, -0.2) is 62.7 Å². The maximum absolute atomic E-state index is 11.8. The molecule has 0 saturated carbocycles. The number of hydrogen-bond acceptors (Lipinski definition) is 9. The number of aliphatic imine (C=N–C) groups is 1. The summed E-state index contributed by atoms with van der Waals surface area (Å²) >= 11 is 13.0. The number of halogens is 2. The predicted octanol–water partition coefficient (Wildman–Crippen LogP) is 3.26. The van der Waals surface area contributed by atoms with E-state index in [2.05, 4.69) is 0 Å². The molecule has 0 radical (unpaired) electrons. The molecule has 1 aromatic carbocycles. The largest absolute Gasteiger partial charge is 1.00 e. The molecule has 12 nitrogen and oxygen atoms in total. The summed E-state index contributed by atoms with van der Waals surface area (Å²) in [6.45, 7) is 8.65. The molecule has 2 aromatic rings. The van der Waals surface area contributed by atoms with Crippen LogP contribution in [0.4, 0.5) is 11.5 Å². The van der Waals surface area contributed by atoms with Gasteiger partial charge in [0.2, 0.25) is 0 Å². The van der Waals surface area contributed by atoms with Crippen molar-refractivity contribution in [3.63, 3.8) is 0 Å². The first-order chi connectivity index (χ1) is 23.5. The maximum atomic E-state index is 11.8. The van der Waals surface area contributed by atoms with Gasteiger partial charge in [-0.2, -0.15) is 16.8 Å². The number of unbranched alkanes of at least 4 members (excludes halogenated alkanes) is 2. The van der Waals surface area contributed by atoms with Crippen LogP contribution in [0.25, 0.3) is 0 Å². The van der Waals surface area contributed by atoms with E-state index in [1.807, 2.05) is 55.4 Å². The van der Waals surface area contributed by atoms with Gasteiger partial charge in [-0.05, 0) is 98.7 Å². The van der Waals surface area contributed by atoms with Gasteiger partial charge < -0.3 is 10.9 Å². The standard InChI is InChI=1S/C34H41Cl2N3O9S3.Na.H/c1-33(2)28-21-25(36)23-38(17-5-7-19-49(40,41)42)32(28)37-30(33)13-9-11-24(35)12-10-14-31-34(3,4)27-22-26(51(46,47)48)15-16-29(27)39(31)18-6-8-20-50(43,44)45;;/h9-16,21-23H,5-8,17-20H2,1-4H3,(H2-,40,41,42,43,44,45,46,47,48);;/q;+1;-1. The van der Waals surface area contributed by atoms with Gasteiger partial charge in [-0.3, -0.25) is 9.11 Å². The second-order valence-electron chi connectivity index (χ2n) is 13.4. The smallest absolute Gasteiger partial charge is 1.00 e. The van der Waals surface area contributed by atoms with E-state index in [9.17, 15) is 29.8 Å². The summed E-state index contributed by atoms with van der Waals surface area (Å²) in [6.07, 6.45) is 13.7. The molecule has 52 heavy (non-hydrogen) atoms. The van der Waals surface area contributed by atoms with E-state index in [1.165, 1.54) is 12.1 Å². The van der Waals surface area contributed by atoms with Crippen molar-refractivity contribution >= 4 is 70.8 Å². The van der Waals surface area contributed by atoms with Crippen LogP contribution < -0.4 is 39.0 Å². The molecule has 0 amide bonds. The van der Waals surface area contributed by atoms with Gasteiger partial charge in [0.05, 0.1) is 38.9 Å². The van der Waals surface area contributed by atoms with Crippen LogP contribution in [-0.2, 0) is 47.7 Å². The van der Waals surface area contributed by atoms with Crippen molar-refractivity contribution in [3.8, 4) is 0 Å². The molecular weight excluding hydrogens is 784 g/mol. The first kappa shape index (κ1) is 44.5. The Labute approximate surface area is 340 Å². The Morgan fingerprint density at radius 3 is 2.19 bits per heavy atom. The van der Waals surface area contributed by atoms with Crippen LogP contribution in [0.2, 0.25) is 5.02 Å². The zero-order chi connectivity index (χ0) is 38.0. The van der Waals surface area contributed by atoms with E-state index in [0.717, 1.165) is 17.0 Å². The van der Waals surface area contributed by atoms with E-state index in [1.54, 1.807) is 36.6 Å². The Morgan fingerprint density at radius 2 is 1.58 bits per heavy atom. The van der Waals surface area contributed by atoms with Crippen LogP contribution >= 0.6 is 23.2 Å². The number of rotatable bonds is 15. The third kappa shape index (κ3) is 11.3. The molecule has 0 aliphatic carbocycles. The van der Waals surface area contributed by atoms with Crippen LogP contribution in [0.3, 0.4) is 0 Å². The van der Waals surface area contributed by atoms with Crippen LogP contribution in [0.15, 0.2) is 87.5 Å². The average Bonchev–Trinajstić information content (AvgIpc) is 3.37. The topological polar surface area (TPSA) is 185 Å². The molecule has 3 heterocycles. The van der Waals surface area contributed by atoms with E-state index in [0.29, 0.717) is 53.1 Å². The third-order valence-corrected chi connectivity index (χ3v) is 11.8. The van der Waals surface area contributed by atoms with E-state index in [-0.39, 0.29) is 60.2 Å². The molecule has 280 valence electrons. The number of hydrogen-bond donors (Lipinski definition) is 2. The number of aromatic nitrogens is 1. The van der Waals surface area contributed by atoms with Crippen molar-refractivity contribution in [1.29, 1.82) is 0 Å². The van der Waals surface area contributed by atoms with Gasteiger partial charge >= 0.3 is 35.4 Å². The first-order valence-electron chi connectivity index (χ1n) is 16.0. The van der Waals surface area contributed by atoms with E-state index >= 15 is 0 Å². The fourth-order valence-corrected chi connectivity index (χ4v) is 8.19. The number of pyridine rings is 1. The van der Waals surface area contributed by atoms with Crippen molar-refractivity contribution in [3.05, 3.63) is 93.8 Å². The van der Waals surface area contributed by atoms with Crippen molar-refractivity contribution in [2.75, 3.05) is 23.0 Å². The third-order valence-electron chi connectivity index (χ3n) is 8.87. The molecule has 18 heteroatoms. The minimum atomic E-state index is -4.70. The zero-order valence-corrected chi connectivity index (χ0v) is 35.5. The Morgan fingerprint density at radius 1 is 0.942 bits per heavy atom. The van der Waals surface area contributed by atoms with Gasteiger partial charge in [-0.15, -0.1) is 0 Å². The van der Waals surface area contributed by atoms with Gasteiger partial charge in [0.1, 0.15) is 16.3 Å². The quantitative estimate of drug-likeness (QED) is 0.0889. The average molecular weight is 827 g/mol. The summed E-state index contributed by atoms with van der Waals surface area (Å²) in [4.78, 5) is 6.44. The fourth-order valence-electron chi connectivity index (χ4n) is 6.19. The predicted molar refractivity (Wildman–Crippen MR) is 199 cm³/mol. The molecule has 0 fully saturated rings. The minimum Gasteiger partial charge on any atom is -1.00 e. The Kier molecular flexibility index (Phi) is 14.8. The molecule has 0 spiro atoms. The molecule has 0 atom stereocenters. The zero-order valence-electron chi connectivity index (χ0n) is 30.6. The van der Waals surface area contributed by atoms with Gasteiger partial charge in [0, 0.05) is 28.4 Å². The van der Waals surface area contributed by atoms with Crippen molar-refractivity contribution in [2.24, 2.45) is 4.99 Å². The molecule has 2 N–H and O–H groups in total.